The zero-order chi connectivity index (χ0) is 12.1. The van der Waals surface area contributed by atoms with Gasteiger partial charge >= 0.3 is 0 Å². The van der Waals surface area contributed by atoms with Crippen LogP contribution in [0, 0.1) is 0 Å². The number of rotatable bonds is 8. The summed E-state index contributed by atoms with van der Waals surface area (Å²) in [6.45, 7) is 6.87. The van der Waals surface area contributed by atoms with Gasteiger partial charge in [-0.1, -0.05) is 25.3 Å². The molecule has 0 aromatic rings. The van der Waals surface area contributed by atoms with E-state index in [1.165, 1.54) is 44.9 Å². The summed E-state index contributed by atoms with van der Waals surface area (Å²) in [4.78, 5) is 0. The molecule has 2 fully saturated rings. The molecule has 2 aliphatic heterocycles. The Bertz CT molecular complexity index is 247. The lowest BCUT2D eigenvalue weighted by molar-refractivity contribution is -0.0481. The molecule has 2 nitrogen and oxygen atoms in total. The van der Waals surface area contributed by atoms with Crippen molar-refractivity contribution in [1.82, 2.24) is 0 Å². The quantitative estimate of drug-likeness (QED) is 0.364. The predicted octanol–water partition coefficient (Wildman–Crippen LogP) is 3.85. The Balaban J connectivity index is 1.54. The minimum atomic E-state index is 0.0352. The highest BCUT2D eigenvalue weighted by atomic mass is 16.6. The average molecular weight is 238 g/mol. The van der Waals surface area contributed by atoms with Crippen LogP contribution in [0.25, 0.3) is 0 Å². The molecule has 0 N–H and O–H groups in total. The fourth-order valence-electron chi connectivity index (χ4n) is 2.80. The second-order valence-corrected chi connectivity index (χ2v) is 5.69. The van der Waals surface area contributed by atoms with E-state index in [0.29, 0.717) is 12.2 Å². The molecule has 0 aliphatic carbocycles. The minimum absolute atomic E-state index is 0.0352. The van der Waals surface area contributed by atoms with Crippen LogP contribution in [0.1, 0.15) is 58.3 Å². The molecule has 0 bridgehead atoms. The largest absolute Gasteiger partial charge is 0.370 e. The third-order valence-corrected chi connectivity index (χ3v) is 4.10. The zero-order valence-corrected chi connectivity index (χ0v) is 11.1. The Morgan fingerprint density at radius 2 is 2.06 bits per heavy atom. The average Bonchev–Trinajstić information content (AvgIpc) is 3.10. The molecular formula is C15H26O2. The summed E-state index contributed by atoms with van der Waals surface area (Å²) in [6.07, 6.45) is 13.0. The molecule has 0 unspecified atom stereocenters. The molecule has 2 heterocycles. The second-order valence-electron chi connectivity index (χ2n) is 5.69. The van der Waals surface area contributed by atoms with E-state index in [2.05, 4.69) is 13.5 Å². The molecule has 0 aromatic carbocycles. The molecule has 2 aliphatic rings. The first-order valence-electron chi connectivity index (χ1n) is 7.15. The van der Waals surface area contributed by atoms with Gasteiger partial charge in [0, 0.05) is 0 Å². The molecule has 0 radical (unpaired) electrons. The predicted molar refractivity (Wildman–Crippen MR) is 70.2 cm³/mol. The van der Waals surface area contributed by atoms with Crippen molar-refractivity contribution < 1.29 is 9.47 Å². The first-order valence-corrected chi connectivity index (χ1v) is 7.15. The molecule has 3 atom stereocenters. The van der Waals surface area contributed by atoms with Gasteiger partial charge < -0.3 is 9.47 Å². The summed E-state index contributed by atoms with van der Waals surface area (Å²) >= 11 is 0. The summed E-state index contributed by atoms with van der Waals surface area (Å²) in [5.74, 6) is 0. The lowest BCUT2D eigenvalue weighted by Crippen LogP contribution is -2.31. The van der Waals surface area contributed by atoms with Crippen LogP contribution in [0.4, 0.5) is 0 Å². The van der Waals surface area contributed by atoms with Gasteiger partial charge in [0.25, 0.3) is 0 Å². The molecule has 2 saturated heterocycles. The molecular weight excluding hydrogens is 212 g/mol. The van der Waals surface area contributed by atoms with E-state index in [1.807, 2.05) is 6.08 Å². The Morgan fingerprint density at radius 3 is 2.76 bits per heavy atom. The Hall–Kier alpha value is -0.340. The third kappa shape index (κ3) is 3.82. The molecule has 98 valence electrons. The highest BCUT2D eigenvalue weighted by Gasteiger charge is 2.48. The smallest absolute Gasteiger partial charge is 0.110 e. The van der Waals surface area contributed by atoms with E-state index in [4.69, 9.17) is 9.47 Å². The topological polar surface area (TPSA) is 21.8 Å². The number of ether oxygens (including phenoxy) is 2. The number of hydrogen-bond donors (Lipinski definition) is 0. The van der Waals surface area contributed by atoms with Crippen molar-refractivity contribution in [3.8, 4) is 0 Å². The van der Waals surface area contributed by atoms with E-state index in [-0.39, 0.29) is 5.60 Å². The molecule has 0 amide bonds. The zero-order valence-electron chi connectivity index (χ0n) is 11.1. The highest BCUT2D eigenvalue weighted by Crippen LogP contribution is 2.40. The molecule has 0 aromatic heterocycles. The van der Waals surface area contributed by atoms with Crippen LogP contribution < -0.4 is 0 Å². The summed E-state index contributed by atoms with van der Waals surface area (Å²) in [5.41, 5.74) is 0.0352. The van der Waals surface area contributed by atoms with Crippen LogP contribution in [-0.4, -0.2) is 24.4 Å². The van der Waals surface area contributed by atoms with Crippen molar-refractivity contribution >= 4 is 0 Å². The van der Waals surface area contributed by atoms with Crippen LogP contribution in [-0.2, 0) is 9.47 Å². The van der Waals surface area contributed by atoms with E-state index >= 15 is 0 Å². The van der Waals surface area contributed by atoms with E-state index in [0.717, 1.165) is 13.0 Å². The van der Waals surface area contributed by atoms with Crippen LogP contribution in [0.3, 0.4) is 0 Å². The van der Waals surface area contributed by atoms with Gasteiger partial charge in [-0.2, -0.15) is 0 Å². The van der Waals surface area contributed by atoms with Gasteiger partial charge in [0.1, 0.15) is 6.10 Å². The Kier molecular flexibility index (Phi) is 4.63. The monoisotopic (exact) mass is 238 g/mol. The Labute approximate surface area is 105 Å². The van der Waals surface area contributed by atoms with Gasteiger partial charge in [0.15, 0.2) is 0 Å². The lowest BCUT2D eigenvalue weighted by Gasteiger charge is -2.22. The number of hydrogen-bond acceptors (Lipinski definition) is 2. The summed E-state index contributed by atoms with van der Waals surface area (Å²) in [6, 6.07) is 0. The van der Waals surface area contributed by atoms with Crippen molar-refractivity contribution in [1.29, 1.82) is 0 Å². The van der Waals surface area contributed by atoms with Crippen molar-refractivity contribution in [3.05, 3.63) is 12.7 Å². The summed E-state index contributed by atoms with van der Waals surface area (Å²) in [7, 11) is 0. The molecule has 2 heteroatoms. The van der Waals surface area contributed by atoms with Crippen molar-refractivity contribution in [2.45, 2.75) is 76.1 Å². The molecule has 0 spiro atoms. The van der Waals surface area contributed by atoms with Gasteiger partial charge in [-0.3, -0.25) is 0 Å². The molecule has 2 rings (SSSR count). The van der Waals surface area contributed by atoms with Crippen molar-refractivity contribution in [2.75, 3.05) is 6.61 Å². The molecule has 17 heavy (non-hydrogen) atoms. The number of allylic oxidation sites excluding steroid dienone is 1. The maximum atomic E-state index is 6.16. The number of unbranched alkanes of at least 4 members (excludes halogenated alkanes) is 4. The van der Waals surface area contributed by atoms with Gasteiger partial charge in [0.2, 0.25) is 0 Å². The first kappa shape index (κ1) is 13.1. The fraction of sp³-hybridized carbons (Fsp3) is 0.867. The van der Waals surface area contributed by atoms with Crippen LogP contribution in [0.2, 0.25) is 0 Å². The second kappa shape index (κ2) is 6.01. The lowest BCUT2D eigenvalue weighted by atomic mass is 9.98. The van der Waals surface area contributed by atoms with Crippen LogP contribution in [0.15, 0.2) is 12.7 Å². The van der Waals surface area contributed by atoms with Crippen LogP contribution >= 0.6 is 0 Å². The normalized spacial score (nSPS) is 36.1. The van der Waals surface area contributed by atoms with Crippen molar-refractivity contribution in [2.24, 2.45) is 0 Å². The minimum Gasteiger partial charge on any atom is -0.370 e. The van der Waals surface area contributed by atoms with Gasteiger partial charge in [-0.15, -0.1) is 6.58 Å². The van der Waals surface area contributed by atoms with Gasteiger partial charge in [0.05, 0.1) is 18.3 Å². The number of epoxide rings is 1. The first-order chi connectivity index (χ1) is 8.24. The summed E-state index contributed by atoms with van der Waals surface area (Å²) in [5, 5.41) is 0. The fourth-order valence-corrected chi connectivity index (χ4v) is 2.80. The SMILES string of the molecule is C=CCCCCCC[C@H]1CC[C@@](C)([C@H]2CO2)O1. The Morgan fingerprint density at radius 1 is 1.29 bits per heavy atom. The maximum absolute atomic E-state index is 6.16. The maximum Gasteiger partial charge on any atom is 0.110 e. The van der Waals surface area contributed by atoms with Crippen molar-refractivity contribution in [3.63, 3.8) is 0 Å². The van der Waals surface area contributed by atoms with Gasteiger partial charge in [-0.25, -0.2) is 0 Å². The standard InChI is InChI=1S/C15H26O2/c1-3-4-5-6-7-8-9-13-10-11-15(2,17-13)14-12-16-14/h3,13-14H,1,4-12H2,2H3/t13-,14+,15-/m0/s1. The molecule has 0 saturated carbocycles. The van der Waals surface area contributed by atoms with E-state index in [9.17, 15) is 0 Å². The van der Waals surface area contributed by atoms with E-state index in [1.54, 1.807) is 0 Å². The summed E-state index contributed by atoms with van der Waals surface area (Å²) < 4.78 is 11.5. The van der Waals surface area contributed by atoms with Crippen LogP contribution in [0.5, 0.6) is 0 Å². The third-order valence-electron chi connectivity index (χ3n) is 4.10. The van der Waals surface area contributed by atoms with E-state index < -0.39 is 0 Å². The highest BCUT2D eigenvalue weighted by molar-refractivity contribution is 4.97. The van der Waals surface area contributed by atoms with Gasteiger partial charge in [-0.05, 0) is 39.0 Å².